The SMILES string of the molecule is Cc1cccc(CCN/C=C(/C#N)C(=O)N(CCO)CCO)c1. The van der Waals surface area contributed by atoms with Crippen LogP contribution in [-0.4, -0.2) is 53.9 Å². The van der Waals surface area contributed by atoms with Crippen molar-refractivity contribution in [3.05, 3.63) is 47.2 Å². The van der Waals surface area contributed by atoms with E-state index in [2.05, 4.69) is 11.4 Å². The van der Waals surface area contributed by atoms with Crippen molar-refractivity contribution in [3.63, 3.8) is 0 Å². The molecule has 0 heterocycles. The maximum absolute atomic E-state index is 12.1. The molecule has 1 rings (SSSR count). The Hall–Kier alpha value is -2.36. The van der Waals surface area contributed by atoms with Crippen LogP contribution < -0.4 is 5.32 Å². The number of carbonyl (C=O) groups is 1. The van der Waals surface area contributed by atoms with Crippen LogP contribution in [0.25, 0.3) is 0 Å². The van der Waals surface area contributed by atoms with Crippen molar-refractivity contribution in [2.45, 2.75) is 13.3 Å². The molecule has 0 aliphatic heterocycles. The van der Waals surface area contributed by atoms with Gasteiger partial charge < -0.3 is 20.4 Å². The molecular weight excluding hydrogens is 294 g/mol. The van der Waals surface area contributed by atoms with Gasteiger partial charge in [-0.05, 0) is 18.9 Å². The lowest BCUT2D eigenvalue weighted by Gasteiger charge is -2.20. The van der Waals surface area contributed by atoms with Gasteiger partial charge in [0.25, 0.3) is 5.91 Å². The third kappa shape index (κ3) is 6.51. The van der Waals surface area contributed by atoms with Crippen molar-refractivity contribution in [3.8, 4) is 6.07 Å². The number of carbonyl (C=O) groups excluding carboxylic acids is 1. The first-order valence-electron chi connectivity index (χ1n) is 7.52. The Bertz CT molecular complexity index is 573. The number of nitrogens with one attached hydrogen (secondary N) is 1. The zero-order valence-corrected chi connectivity index (χ0v) is 13.3. The molecular formula is C17H23N3O3. The summed E-state index contributed by atoms with van der Waals surface area (Å²) in [4.78, 5) is 13.4. The zero-order chi connectivity index (χ0) is 17.1. The summed E-state index contributed by atoms with van der Waals surface area (Å²) in [7, 11) is 0. The van der Waals surface area contributed by atoms with Crippen molar-refractivity contribution in [2.24, 2.45) is 0 Å². The Morgan fingerprint density at radius 1 is 1.35 bits per heavy atom. The summed E-state index contributed by atoms with van der Waals surface area (Å²) in [6.45, 7) is 2.36. The van der Waals surface area contributed by atoms with Crippen molar-refractivity contribution >= 4 is 5.91 Å². The van der Waals surface area contributed by atoms with Gasteiger partial charge in [-0.1, -0.05) is 29.8 Å². The number of nitrogens with zero attached hydrogens (tertiary/aromatic N) is 2. The number of benzene rings is 1. The Labute approximate surface area is 136 Å². The molecule has 124 valence electrons. The van der Waals surface area contributed by atoms with Crippen LogP contribution in [0.3, 0.4) is 0 Å². The van der Waals surface area contributed by atoms with Gasteiger partial charge in [-0.15, -0.1) is 0 Å². The summed E-state index contributed by atoms with van der Waals surface area (Å²) in [6, 6.07) is 9.99. The molecule has 0 atom stereocenters. The molecule has 0 aliphatic rings. The van der Waals surface area contributed by atoms with Gasteiger partial charge in [0.2, 0.25) is 0 Å². The third-order valence-electron chi connectivity index (χ3n) is 3.26. The van der Waals surface area contributed by atoms with E-state index in [1.807, 2.05) is 31.2 Å². The van der Waals surface area contributed by atoms with E-state index in [0.717, 1.165) is 6.42 Å². The quantitative estimate of drug-likeness (QED) is 0.347. The molecule has 0 saturated heterocycles. The summed E-state index contributed by atoms with van der Waals surface area (Å²) >= 11 is 0. The predicted octanol–water partition coefficient (Wildman–Crippen LogP) is 0.348. The number of rotatable bonds is 9. The van der Waals surface area contributed by atoms with Crippen molar-refractivity contribution in [2.75, 3.05) is 32.8 Å². The summed E-state index contributed by atoms with van der Waals surface area (Å²) in [5, 5.41) is 29.9. The molecule has 1 aromatic carbocycles. The Morgan fingerprint density at radius 3 is 2.61 bits per heavy atom. The van der Waals surface area contributed by atoms with E-state index in [4.69, 9.17) is 15.5 Å². The van der Waals surface area contributed by atoms with Gasteiger partial charge in [0.05, 0.1) is 13.2 Å². The smallest absolute Gasteiger partial charge is 0.266 e. The highest BCUT2D eigenvalue weighted by molar-refractivity contribution is 5.97. The van der Waals surface area contributed by atoms with E-state index in [-0.39, 0.29) is 31.9 Å². The van der Waals surface area contributed by atoms with Crippen LogP contribution in [0.1, 0.15) is 11.1 Å². The molecule has 0 radical (unpaired) electrons. The van der Waals surface area contributed by atoms with Crippen LogP contribution in [0.4, 0.5) is 0 Å². The van der Waals surface area contributed by atoms with E-state index in [0.29, 0.717) is 6.54 Å². The van der Waals surface area contributed by atoms with Gasteiger partial charge in [0.15, 0.2) is 0 Å². The average molecular weight is 317 g/mol. The fraction of sp³-hybridized carbons (Fsp3) is 0.412. The molecule has 0 saturated carbocycles. The van der Waals surface area contributed by atoms with E-state index < -0.39 is 5.91 Å². The lowest BCUT2D eigenvalue weighted by atomic mass is 10.1. The van der Waals surface area contributed by atoms with Crippen LogP contribution in [0.5, 0.6) is 0 Å². The molecule has 3 N–H and O–H groups in total. The minimum absolute atomic E-state index is 0.0452. The first-order chi connectivity index (χ1) is 11.1. The molecule has 1 amide bonds. The normalized spacial score (nSPS) is 11.0. The largest absolute Gasteiger partial charge is 0.395 e. The summed E-state index contributed by atoms with van der Waals surface area (Å²) < 4.78 is 0. The second-order valence-corrected chi connectivity index (χ2v) is 5.10. The molecule has 23 heavy (non-hydrogen) atoms. The zero-order valence-electron chi connectivity index (χ0n) is 13.3. The molecule has 0 unspecified atom stereocenters. The molecule has 6 heteroatoms. The molecule has 6 nitrogen and oxygen atoms in total. The lowest BCUT2D eigenvalue weighted by Crippen LogP contribution is -2.37. The molecule has 0 spiro atoms. The van der Waals surface area contributed by atoms with E-state index >= 15 is 0 Å². The Morgan fingerprint density at radius 2 is 2.04 bits per heavy atom. The monoisotopic (exact) mass is 317 g/mol. The highest BCUT2D eigenvalue weighted by Gasteiger charge is 2.17. The second kappa shape index (κ2) is 10.4. The highest BCUT2D eigenvalue weighted by atomic mass is 16.3. The number of aliphatic hydroxyl groups excluding tert-OH is 2. The first-order valence-corrected chi connectivity index (χ1v) is 7.52. The predicted molar refractivity (Wildman–Crippen MR) is 87.3 cm³/mol. The fourth-order valence-electron chi connectivity index (χ4n) is 2.13. The van der Waals surface area contributed by atoms with Crippen molar-refractivity contribution in [1.29, 1.82) is 5.26 Å². The minimum Gasteiger partial charge on any atom is -0.395 e. The fourth-order valence-corrected chi connectivity index (χ4v) is 2.13. The second-order valence-electron chi connectivity index (χ2n) is 5.10. The van der Waals surface area contributed by atoms with Crippen LogP contribution in [-0.2, 0) is 11.2 Å². The molecule has 0 bridgehead atoms. The topological polar surface area (TPSA) is 96.6 Å². The summed E-state index contributed by atoms with van der Waals surface area (Å²) in [5.41, 5.74) is 2.32. The van der Waals surface area contributed by atoms with E-state index in [9.17, 15) is 4.79 Å². The third-order valence-corrected chi connectivity index (χ3v) is 3.26. The lowest BCUT2D eigenvalue weighted by molar-refractivity contribution is -0.127. The van der Waals surface area contributed by atoms with Gasteiger partial charge in [0, 0.05) is 25.8 Å². The maximum Gasteiger partial charge on any atom is 0.266 e. The number of hydrogen-bond acceptors (Lipinski definition) is 5. The minimum atomic E-state index is -0.501. The van der Waals surface area contributed by atoms with Crippen molar-refractivity contribution < 1.29 is 15.0 Å². The summed E-state index contributed by atoms with van der Waals surface area (Å²) in [5.74, 6) is -0.501. The van der Waals surface area contributed by atoms with Gasteiger partial charge in [0.1, 0.15) is 11.6 Å². The Balaban J connectivity index is 2.57. The van der Waals surface area contributed by atoms with Gasteiger partial charge in [-0.2, -0.15) is 5.26 Å². The number of nitriles is 1. The average Bonchev–Trinajstić information content (AvgIpc) is 2.54. The van der Waals surface area contributed by atoms with E-state index in [1.54, 1.807) is 0 Å². The number of amides is 1. The number of aliphatic hydroxyl groups is 2. The van der Waals surface area contributed by atoms with Gasteiger partial charge >= 0.3 is 0 Å². The first kappa shape index (κ1) is 18.7. The summed E-state index contributed by atoms with van der Waals surface area (Å²) in [6.07, 6.45) is 2.17. The molecule has 1 aromatic rings. The van der Waals surface area contributed by atoms with Gasteiger partial charge in [-0.25, -0.2) is 0 Å². The van der Waals surface area contributed by atoms with E-state index in [1.165, 1.54) is 22.2 Å². The number of aryl methyl sites for hydroxylation is 1. The van der Waals surface area contributed by atoms with Gasteiger partial charge in [-0.3, -0.25) is 4.79 Å². The highest BCUT2D eigenvalue weighted by Crippen LogP contribution is 2.04. The molecule has 0 aliphatic carbocycles. The Kier molecular flexibility index (Phi) is 8.43. The van der Waals surface area contributed by atoms with Crippen LogP contribution >= 0.6 is 0 Å². The van der Waals surface area contributed by atoms with Crippen LogP contribution in [0.2, 0.25) is 0 Å². The van der Waals surface area contributed by atoms with Crippen LogP contribution in [0.15, 0.2) is 36.0 Å². The standard InChI is InChI=1S/C17H23N3O3/c1-14-3-2-4-15(11-14)5-6-19-13-16(12-18)17(23)20(7-9-21)8-10-22/h2-4,11,13,19,21-22H,5-10H2,1H3/b16-13-. The van der Waals surface area contributed by atoms with Crippen LogP contribution in [0, 0.1) is 18.3 Å². The molecule has 0 aromatic heterocycles. The maximum atomic E-state index is 12.1. The molecule has 0 fully saturated rings. The van der Waals surface area contributed by atoms with Crippen molar-refractivity contribution in [1.82, 2.24) is 10.2 Å². The number of hydrogen-bond donors (Lipinski definition) is 3.